The van der Waals surface area contributed by atoms with Crippen LogP contribution in [0.3, 0.4) is 0 Å². The maximum Gasteiger partial charge on any atom is 0.211 e. The number of benzene rings is 2. The van der Waals surface area contributed by atoms with E-state index in [0.717, 1.165) is 38.3 Å². The molecule has 0 aromatic heterocycles. The number of hydrogen-bond donors (Lipinski definition) is 0. The topological polar surface area (TPSA) is 86.1 Å². The van der Waals surface area contributed by atoms with E-state index >= 15 is 0 Å². The molecule has 0 N–H and O–H groups in total. The van der Waals surface area contributed by atoms with E-state index in [1.807, 2.05) is 12.1 Å². The van der Waals surface area contributed by atoms with Gasteiger partial charge in [-0.15, -0.1) is 0 Å². The van der Waals surface area contributed by atoms with Crippen LogP contribution < -0.4 is 4.74 Å². The molecule has 0 unspecified atom stereocenters. The lowest BCUT2D eigenvalue weighted by molar-refractivity contribution is -0.140. The summed E-state index contributed by atoms with van der Waals surface area (Å²) in [4.78, 5) is 4.61. The molecule has 2 aromatic rings. The Morgan fingerprint density at radius 2 is 1.66 bits per heavy atom. The van der Waals surface area contributed by atoms with E-state index in [9.17, 15) is 12.8 Å². The summed E-state index contributed by atoms with van der Waals surface area (Å²) >= 11 is 0. The Morgan fingerprint density at radius 3 is 2.26 bits per heavy atom. The highest BCUT2D eigenvalue weighted by Crippen LogP contribution is 2.21. The number of hydrogen-bond acceptors (Lipinski definition) is 7. The lowest BCUT2D eigenvalue weighted by Gasteiger charge is -2.46. The molecule has 35 heavy (non-hydrogen) atoms. The predicted octanol–water partition coefficient (Wildman–Crippen LogP) is 1.92. The predicted molar refractivity (Wildman–Crippen MR) is 130 cm³/mol. The van der Waals surface area contributed by atoms with Crippen LogP contribution in [0.15, 0.2) is 48.5 Å². The molecule has 2 aromatic carbocycles. The van der Waals surface area contributed by atoms with E-state index in [4.69, 9.17) is 14.7 Å². The molecule has 2 atom stereocenters. The third-order valence-corrected chi connectivity index (χ3v) is 7.58. The van der Waals surface area contributed by atoms with Gasteiger partial charge in [0, 0.05) is 52.4 Å². The molecule has 0 spiro atoms. The second-order valence-corrected chi connectivity index (χ2v) is 11.1. The molecule has 10 heteroatoms. The number of halogens is 1. The fourth-order valence-corrected chi connectivity index (χ4v) is 5.43. The molecule has 188 valence electrons. The first kappa shape index (κ1) is 25.5. The van der Waals surface area contributed by atoms with Gasteiger partial charge >= 0.3 is 0 Å². The molecule has 0 amide bonds. The smallest absolute Gasteiger partial charge is 0.211 e. The Morgan fingerprint density at radius 1 is 1.03 bits per heavy atom. The van der Waals surface area contributed by atoms with Crippen LogP contribution in [-0.2, 0) is 21.3 Å². The molecule has 0 aliphatic carbocycles. The first-order valence-electron chi connectivity index (χ1n) is 11.7. The van der Waals surface area contributed by atoms with E-state index < -0.39 is 10.0 Å². The zero-order chi connectivity index (χ0) is 24.8. The van der Waals surface area contributed by atoms with Crippen molar-refractivity contribution in [1.82, 2.24) is 14.1 Å². The average molecular weight is 503 g/mol. The first-order chi connectivity index (χ1) is 16.8. The van der Waals surface area contributed by atoms with Crippen LogP contribution in [0, 0.1) is 17.1 Å². The Hall–Kier alpha value is -2.55. The van der Waals surface area contributed by atoms with Gasteiger partial charge in [0.05, 0.1) is 30.1 Å². The first-order valence-corrected chi connectivity index (χ1v) is 13.6. The fourth-order valence-electron chi connectivity index (χ4n) is 4.61. The van der Waals surface area contributed by atoms with Crippen LogP contribution in [0.25, 0.3) is 0 Å². The number of nitriles is 1. The molecule has 2 heterocycles. The standard InChI is InChI=1S/C25H31FN4O4S/c1-35(31,32)30(12-13-33-23-8-4-20(14-27)5-9-23)11-10-28-16-24-18-29(19-25(17-28)34-24)15-21-2-6-22(26)7-3-21/h2-9,24-25H,10-13,15-19H2,1H3/t24-,25+. The Balaban J connectivity index is 1.24. The van der Waals surface area contributed by atoms with Crippen molar-refractivity contribution in [2.24, 2.45) is 0 Å². The van der Waals surface area contributed by atoms with E-state index in [-0.39, 0.29) is 31.2 Å². The minimum Gasteiger partial charge on any atom is -0.492 e. The van der Waals surface area contributed by atoms with Crippen LogP contribution >= 0.6 is 0 Å². The van der Waals surface area contributed by atoms with Crippen LogP contribution in [0.4, 0.5) is 4.39 Å². The molecular weight excluding hydrogens is 471 g/mol. The highest BCUT2D eigenvalue weighted by atomic mass is 32.2. The summed E-state index contributed by atoms with van der Waals surface area (Å²) in [6.45, 7) is 5.32. The molecule has 2 fully saturated rings. The third-order valence-electron chi connectivity index (χ3n) is 6.28. The van der Waals surface area contributed by atoms with Crippen molar-refractivity contribution in [2.45, 2.75) is 18.8 Å². The normalized spacial score (nSPS) is 21.1. The van der Waals surface area contributed by atoms with E-state index in [1.54, 1.807) is 24.3 Å². The van der Waals surface area contributed by atoms with Crippen LogP contribution in [0.5, 0.6) is 5.75 Å². The van der Waals surface area contributed by atoms with E-state index in [1.165, 1.54) is 22.7 Å². The van der Waals surface area contributed by atoms with Crippen molar-refractivity contribution in [1.29, 1.82) is 5.26 Å². The van der Waals surface area contributed by atoms with E-state index in [0.29, 0.717) is 24.4 Å². The summed E-state index contributed by atoms with van der Waals surface area (Å²) in [7, 11) is -3.38. The second-order valence-electron chi connectivity index (χ2n) is 9.11. The van der Waals surface area contributed by atoms with Gasteiger partial charge in [0.1, 0.15) is 18.2 Å². The van der Waals surface area contributed by atoms with Crippen molar-refractivity contribution in [3.05, 3.63) is 65.5 Å². The third kappa shape index (κ3) is 7.46. The lowest BCUT2D eigenvalue weighted by atomic mass is 10.1. The number of rotatable bonds is 10. The van der Waals surface area contributed by atoms with Crippen LogP contribution in [0.2, 0.25) is 0 Å². The van der Waals surface area contributed by atoms with Crippen molar-refractivity contribution >= 4 is 10.0 Å². The van der Waals surface area contributed by atoms with Gasteiger partial charge in [-0.1, -0.05) is 12.1 Å². The quantitative estimate of drug-likeness (QED) is 0.491. The molecule has 0 saturated carbocycles. The van der Waals surface area contributed by atoms with E-state index in [2.05, 4.69) is 15.9 Å². The molecule has 2 bridgehead atoms. The van der Waals surface area contributed by atoms with Crippen LogP contribution in [-0.4, -0.2) is 93.4 Å². The number of nitrogens with zero attached hydrogens (tertiary/aromatic N) is 4. The van der Waals surface area contributed by atoms with Crippen molar-refractivity contribution < 1.29 is 22.3 Å². The van der Waals surface area contributed by atoms with Crippen LogP contribution in [0.1, 0.15) is 11.1 Å². The molecule has 2 aliphatic heterocycles. The van der Waals surface area contributed by atoms with Crippen molar-refractivity contribution in [2.75, 3.05) is 58.7 Å². The van der Waals surface area contributed by atoms with Gasteiger partial charge in [-0.25, -0.2) is 12.8 Å². The SMILES string of the molecule is CS(=O)(=O)N(CCOc1ccc(C#N)cc1)CCN1C[C@@H]2CN(Cc3ccc(F)cc3)C[C@H](C1)O2. The number of ether oxygens (including phenoxy) is 2. The molecular formula is C25H31FN4O4S. The summed E-state index contributed by atoms with van der Waals surface area (Å²) in [5, 5.41) is 8.88. The summed E-state index contributed by atoms with van der Waals surface area (Å²) in [6.07, 6.45) is 1.35. The Kier molecular flexibility index (Phi) is 8.36. The Bertz CT molecular complexity index is 1110. The largest absolute Gasteiger partial charge is 0.492 e. The molecule has 2 saturated heterocycles. The van der Waals surface area contributed by atoms with Gasteiger partial charge in [-0.2, -0.15) is 9.57 Å². The molecule has 0 radical (unpaired) electrons. The minimum absolute atomic E-state index is 0.0642. The van der Waals surface area contributed by atoms with Crippen molar-refractivity contribution in [3.8, 4) is 11.8 Å². The maximum absolute atomic E-state index is 13.2. The van der Waals surface area contributed by atoms with Gasteiger partial charge < -0.3 is 9.47 Å². The highest BCUT2D eigenvalue weighted by molar-refractivity contribution is 7.88. The average Bonchev–Trinajstić information content (AvgIpc) is 2.82. The number of fused-ring (bicyclic) bond motifs is 2. The van der Waals surface area contributed by atoms with Gasteiger partial charge in [0.2, 0.25) is 10.0 Å². The van der Waals surface area contributed by atoms with Gasteiger partial charge in [0.25, 0.3) is 0 Å². The zero-order valence-corrected chi connectivity index (χ0v) is 20.7. The summed E-state index contributed by atoms with van der Waals surface area (Å²) < 4.78 is 51.1. The number of morpholine rings is 2. The zero-order valence-electron chi connectivity index (χ0n) is 19.8. The van der Waals surface area contributed by atoms with Gasteiger partial charge in [0.15, 0.2) is 0 Å². The summed E-state index contributed by atoms with van der Waals surface area (Å²) in [5.74, 6) is 0.371. The minimum atomic E-state index is -3.38. The summed E-state index contributed by atoms with van der Waals surface area (Å²) in [6, 6.07) is 15.4. The fraction of sp³-hybridized carbons (Fsp3) is 0.480. The van der Waals surface area contributed by atoms with Gasteiger partial charge in [-0.3, -0.25) is 9.80 Å². The molecule has 2 aliphatic rings. The van der Waals surface area contributed by atoms with Gasteiger partial charge in [-0.05, 0) is 42.0 Å². The molecule has 4 rings (SSSR count). The maximum atomic E-state index is 13.2. The highest BCUT2D eigenvalue weighted by Gasteiger charge is 2.35. The van der Waals surface area contributed by atoms with Crippen molar-refractivity contribution in [3.63, 3.8) is 0 Å². The Labute approximate surface area is 206 Å². The number of sulfonamides is 1. The molecule has 8 nitrogen and oxygen atoms in total. The monoisotopic (exact) mass is 502 g/mol. The second kappa shape index (κ2) is 11.5. The lowest BCUT2D eigenvalue weighted by Crippen LogP contribution is -2.60. The summed E-state index contributed by atoms with van der Waals surface area (Å²) in [5.41, 5.74) is 1.62.